The molecule has 1 aromatic heterocycles. The van der Waals surface area contributed by atoms with Gasteiger partial charge in [0.2, 0.25) is 0 Å². The van der Waals surface area contributed by atoms with E-state index in [9.17, 15) is 0 Å². The maximum Gasteiger partial charge on any atom is 0.109 e. The van der Waals surface area contributed by atoms with Gasteiger partial charge in [-0.1, -0.05) is 6.07 Å². The van der Waals surface area contributed by atoms with Gasteiger partial charge < -0.3 is 10.3 Å². The average Bonchev–Trinajstić information content (AvgIpc) is 3.15. The Morgan fingerprint density at radius 2 is 2.23 bits per heavy atom. The van der Waals surface area contributed by atoms with Gasteiger partial charge in [0.1, 0.15) is 11.5 Å². The Kier molecular flexibility index (Phi) is 4.47. The van der Waals surface area contributed by atoms with Gasteiger partial charge in [0.15, 0.2) is 0 Å². The Hall–Kier alpha value is -1.43. The van der Waals surface area contributed by atoms with Crippen LogP contribution in [-0.4, -0.2) is 27.5 Å². The SMILES string of the molecule is CC1CC(c2ncc3nc(-c4cccs4)cc-3[nH]2)CCN1.Cl. The Morgan fingerprint density at radius 1 is 1.32 bits per heavy atom. The van der Waals surface area contributed by atoms with Gasteiger partial charge in [-0.25, -0.2) is 9.97 Å². The predicted octanol–water partition coefficient (Wildman–Crippen LogP) is 3.92. The summed E-state index contributed by atoms with van der Waals surface area (Å²) in [6.07, 6.45) is 4.19. The van der Waals surface area contributed by atoms with Crippen molar-refractivity contribution >= 4 is 23.7 Å². The van der Waals surface area contributed by atoms with Crippen molar-refractivity contribution in [1.82, 2.24) is 20.3 Å². The second kappa shape index (κ2) is 6.36. The normalized spacial score (nSPS) is 21.7. The standard InChI is InChI=1S/C16H18N4S.ClH/c1-10-7-11(4-5-17-10)16-18-9-14-12(20-16)8-13(19-14)15-3-2-6-21-15;/h2-3,6,8-11,17H,4-5,7H2,1H3,(H,18,20);1H. The number of fused-ring (bicyclic) bond motifs is 1. The number of aromatic nitrogens is 3. The third kappa shape index (κ3) is 2.89. The van der Waals surface area contributed by atoms with Gasteiger partial charge in [-0.2, -0.15) is 0 Å². The first-order chi connectivity index (χ1) is 10.3. The van der Waals surface area contributed by atoms with Crippen LogP contribution in [0.5, 0.6) is 0 Å². The fourth-order valence-corrected chi connectivity index (χ4v) is 3.76. The number of H-pyrrole nitrogens is 1. The first kappa shape index (κ1) is 15.5. The summed E-state index contributed by atoms with van der Waals surface area (Å²) in [5.41, 5.74) is 3.08. The van der Waals surface area contributed by atoms with Crippen molar-refractivity contribution in [2.24, 2.45) is 0 Å². The topological polar surface area (TPSA) is 53.6 Å². The first-order valence-electron chi connectivity index (χ1n) is 7.42. The Balaban J connectivity index is 0.00000144. The second-order valence-corrected chi connectivity index (χ2v) is 6.71. The van der Waals surface area contributed by atoms with Crippen LogP contribution in [0.15, 0.2) is 29.8 Å². The predicted molar refractivity (Wildman–Crippen MR) is 93.0 cm³/mol. The molecule has 0 radical (unpaired) electrons. The molecule has 6 heteroatoms. The van der Waals surface area contributed by atoms with Crippen molar-refractivity contribution in [3.63, 3.8) is 0 Å². The lowest BCUT2D eigenvalue weighted by molar-refractivity contribution is 0.371. The molecule has 0 saturated carbocycles. The van der Waals surface area contributed by atoms with Crippen molar-refractivity contribution in [3.05, 3.63) is 35.6 Å². The summed E-state index contributed by atoms with van der Waals surface area (Å²) in [5, 5.41) is 5.57. The minimum atomic E-state index is 0. The number of halogens is 1. The molecule has 116 valence electrons. The lowest BCUT2D eigenvalue weighted by Crippen LogP contribution is -2.35. The van der Waals surface area contributed by atoms with Gasteiger partial charge in [0.05, 0.1) is 22.5 Å². The summed E-state index contributed by atoms with van der Waals surface area (Å²) in [4.78, 5) is 14.0. The van der Waals surface area contributed by atoms with Gasteiger partial charge in [0, 0.05) is 12.0 Å². The summed E-state index contributed by atoms with van der Waals surface area (Å²) in [6.45, 7) is 3.31. The average molecular weight is 335 g/mol. The monoisotopic (exact) mass is 334 g/mol. The summed E-state index contributed by atoms with van der Waals surface area (Å²) < 4.78 is 0. The number of piperidine rings is 1. The Labute approximate surface area is 140 Å². The molecule has 1 saturated heterocycles. The minimum absolute atomic E-state index is 0. The number of nitrogens with one attached hydrogen (secondary N) is 2. The third-order valence-electron chi connectivity index (χ3n) is 4.17. The van der Waals surface area contributed by atoms with Crippen LogP contribution < -0.4 is 5.32 Å². The number of aromatic amines is 1. The van der Waals surface area contributed by atoms with Crippen LogP contribution in [0.3, 0.4) is 0 Å². The molecule has 1 fully saturated rings. The zero-order valence-electron chi connectivity index (χ0n) is 12.4. The summed E-state index contributed by atoms with van der Waals surface area (Å²) in [5.74, 6) is 1.62. The molecule has 4 heterocycles. The molecule has 4 nitrogen and oxygen atoms in total. The van der Waals surface area contributed by atoms with Crippen LogP contribution in [0.4, 0.5) is 0 Å². The lowest BCUT2D eigenvalue weighted by Gasteiger charge is -2.27. The van der Waals surface area contributed by atoms with Crippen molar-refractivity contribution in [2.75, 3.05) is 6.54 Å². The molecule has 0 aliphatic carbocycles. The summed E-state index contributed by atoms with van der Waals surface area (Å²) in [6, 6.07) is 6.86. The smallest absolute Gasteiger partial charge is 0.109 e. The van der Waals surface area contributed by atoms with Crippen LogP contribution in [0.1, 0.15) is 31.5 Å². The largest absolute Gasteiger partial charge is 0.342 e. The number of thiophene rings is 1. The molecule has 2 atom stereocenters. The highest BCUT2D eigenvalue weighted by Gasteiger charge is 2.23. The maximum absolute atomic E-state index is 4.66. The van der Waals surface area contributed by atoms with Crippen molar-refractivity contribution in [2.45, 2.75) is 31.7 Å². The van der Waals surface area contributed by atoms with E-state index in [4.69, 9.17) is 0 Å². The Bertz CT molecular complexity index is 709. The van der Waals surface area contributed by atoms with Crippen molar-refractivity contribution < 1.29 is 0 Å². The van der Waals surface area contributed by atoms with E-state index < -0.39 is 0 Å². The zero-order chi connectivity index (χ0) is 14.2. The maximum atomic E-state index is 4.66. The van der Waals surface area contributed by atoms with E-state index in [0.717, 1.165) is 42.3 Å². The summed E-state index contributed by atoms with van der Waals surface area (Å²) >= 11 is 1.72. The molecule has 2 N–H and O–H groups in total. The number of hydrogen-bond donors (Lipinski definition) is 2. The van der Waals surface area contributed by atoms with E-state index in [0.29, 0.717) is 12.0 Å². The van der Waals surface area contributed by atoms with Crippen molar-refractivity contribution in [3.8, 4) is 22.0 Å². The second-order valence-electron chi connectivity index (χ2n) is 5.76. The van der Waals surface area contributed by atoms with Gasteiger partial charge >= 0.3 is 0 Å². The number of hydrogen-bond acceptors (Lipinski definition) is 4. The number of rotatable bonds is 2. The summed E-state index contributed by atoms with van der Waals surface area (Å²) in [7, 11) is 0. The highest BCUT2D eigenvalue weighted by molar-refractivity contribution is 7.13. The van der Waals surface area contributed by atoms with Crippen LogP contribution >= 0.6 is 23.7 Å². The third-order valence-corrected chi connectivity index (χ3v) is 5.06. The highest BCUT2D eigenvalue weighted by atomic mass is 35.5. The molecule has 3 aliphatic rings. The van der Waals surface area contributed by atoms with E-state index in [2.05, 4.69) is 50.8 Å². The van der Waals surface area contributed by atoms with Crippen LogP contribution in [-0.2, 0) is 0 Å². The molecule has 1 aromatic rings. The van der Waals surface area contributed by atoms with Gasteiger partial charge in [-0.15, -0.1) is 23.7 Å². The molecule has 4 rings (SSSR count). The molecule has 0 amide bonds. The molecule has 0 bridgehead atoms. The van der Waals surface area contributed by atoms with E-state index in [-0.39, 0.29) is 12.4 Å². The quantitative estimate of drug-likeness (QED) is 0.747. The van der Waals surface area contributed by atoms with Crippen LogP contribution in [0.25, 0.3) is 22.0 Å². The van der Waals surface area contributed by atoms with Crippen LogP contribution in [0.2, 0.25) is 0 Å². The van der Waals surface area contributed by atoms with Gasteiger partial charge in [-0.3, -0.25) is 0 Å². The zero-order valence-corrected chi connectivity index (χ0v) is 14.0. The van der Waals surface area contributed by atoms with Gasteiger partial charge in [0.25, 0.3) is 0 Å². The van der Waals surface area contributed by atoms with E-state index >= 15 is 0 Å². The fraction of sp³-hybridized carbons (Fsp3) is 0.375. The lowest BCUT2D eigenvalue weighted by atomic mass is 9.92. The van der Waals surface area contributed by atoms with Gasteiger partial charge in [-0.05, 0) is 43.8 Å². The van der Waals surface area contributed by atoms with E-state index in [1.165, 1.54) is 4.88 Å². The molecular formula is C16H19ClN4S. The minimum Gasteiger partial charge on any atom is -0.342 e. The molecule has 22 heavy (non-hydrogen) atoms. The molecule has 2 unspecified atom stereocenters. The highest BCUT2D eigenvalue weighted by Crippen LogP contribution is 2.32. The fourth-order valence-electron chi connectivity index (χ4n) is 3.07. The first-order valence-corrected chi connectivity index (χ1v) is 8.30. The molecular weight excluding hydrogens is 316 g/mol. The number of nitrogens with zero attached hydrogens (tertiary/aromatic N) is 2. The van der Waals surface area contributed by atoms with Crippen LogP contribution in [0, 0.1) is 0 Å². The molecule has 0 spiro atoms. The van der Waals surface area contributed by atoms with Crippen molar-refractivity contribution in [1.29, 1.82) is 0 Å². The van der Waals surface area contributed by atoms with E-state index in [1.54, 1.807) is 11.3 Å². The molecule has 3 aliphatic heterocycles. The van der Waals surface area contributed by atoms with E-state index in [1.807, 2.05) is 6.20 Å². The molecule has 0 aromatic carbocycles. The Morgan fingerprint density at radius 3 is 3.00 bits per heavy atom.